The van der Waals surface area contributed by atoms with E-state index < -0.39 is 0 Å². The molecule has 0 saturated carbocycles. The molecular weight excluding hydrogens is 408 g/mol. The predicted octanol–water partition coefficient (Wildman–Crippen LogP) is 2.60. The van der Waals surface area contributed by atoms with Crippen molar-refractivity contribution in [2.24, 2.45) is 0 Å². The molecule has 4 heterocycles. The highest BCUT2D eigenvalue weighted by Crippen LogP contribution is 2.34. The fourth-order valence-corrected chi connectivity index (χ4v) is 3.74. The minimum Gasteiger partial charge on any atom is -0.504 e. The SMILES string of the molecule is COc1cc2c(N3CCN(c4ncc(Nc5ccncc5)cn4)CC3)ncnc2cc1O. The molecule has 3 aromatic heterocycles. The van der Waals surface area contributed by atoms with Gasteiger partial charge in [-0.3, -0.25) is 4.98 Å². The molecule has 5 rings (SSSR count). The number of aromatic hydroxyl groups is 1. The number of anilines is 4. The van der Waals surface area contributed by atoms with E-state index in [0.29, 0.717) is 17.2 Å². The molecule has 0 aliphatic carbocycles. The van der Waals surface area contributed by atoms with Crippen molar-refractivity contribution >= 4 is 34.0 Å². The zero-order valence-corrected chi connectivity index (χ0v) is 17.5. The maximum Gasteiger partial charge on any atom is 0.225 e. The van der Waals surface area contributed by atoms with Crippen LogP contribution >= 0.6 is 0 Å². The second-order valence-electron chi connectivity index (χ2n) is 7.35. The zero-order valence-electron chi connectivity index (χ0n) is 17.5. The fourth-order valence-electron chi connectivity index (χ4n) is 3.74. The van der Waals surface area contributed by atoms with E-state index in [4.69, 9.17) is 4.74 Å². The molecule has 0 spiro atoms. The van der Waals surface area contributed by atoms with Crippen LogP contribution in [0.25, 0.3) is 10.9 Å². The van der Waals surface area contributed by atoms with Crippen molar-refractivity contribution < 1.29 is 9.84 Å². The Balaban J connectivity index is 1.28. The maximum absolute atomic E-state index is 10.0. The monoisotopic (exact) mass is 430 g/mol. The Labute approximate surface area is 184 Å². The molecule has 1 saturated heterocycles. The third-order valence-electron chi connectivity index (χ3n) is 5.38. The molecule has 0 amide bonds. The van der Waals surface area contributed by atoms with Gasteiger partial charge in [-0.15, -0.1) is 0 Å². The van der Waals surface area contributed by atoms with Crippen molar-refractivity contribution in [1.82, 2.24) is 24.9 Å². The van der Waals surface area contributed by atoms with Crippen LogP contribution in [0.15, 0.2) is 55.4 Å². The molecule has 4 aromatic rings. The summed E-state index contributed by atoms with van der Waals surface area (Å²) in [5.41, 5.74) is 2.44. The molecule has 1 aliphatic heterocycles. The fraction of sp³-hybridized carbons (Fsp3) is 0.227. The van der Waals surface area contributed by atoms with E-state index in [0.717, 1.165) is 48.8 Å². The van der Waals surface area contributed by atoms with E-state index in [1.165, 1.54) is 13.4 Å². The molecular formula is C22H22N8O2. The first-order chi connectivity index (χ1) is 15.7. The number of hydrogen-bond donors (Lipinski definition) is 2. The Bertz CT molecular complexity index is 1210. The maximum atomic E-state index is 10.0. The summed E-state index contributed by atoms with van der Waals surface area (Å²) in [6, 6.07) is 7.16. The number of phenolic OH excluding ortho intramolecular Hbond substituents is 1. The van der Waals surface area contributed by atoms with E-state index in [1.807, 2.05) is 12.1 Å². The van der Waals surface area contributed by atoms with Crippen LogP contribution in [-0.2, 0) is 0 Å². The molecule has 32 heavy (non-hydrogen) atoms. The smallest absolute Gasteiger partial charge is 0.225 e. The number of ether oxygens (including phenoxy) is 1. The summed E-state index contributed by atoms with van der Waals surface area (Å²) in [6.07, 6.45) is 8.55. The van der Waals surface area contributed by atoms with Crippen molar-refractivity contribution in [2.75, 3.05) is 48.4 Å². The largest absolute Gasteiger partial charge is 0.504 e. The number of nitrogens with zero attached hydrogens (tertiary/aromatic N) is 7. The van der Waals surface area contributed by atoms with Crippen LogP contribution in [-0.4, -0.2) is 63.3 Å². The lowest BCUT2D eigenvalue weighted by Crippen LogP contribution is -2.47. The van der Waals surface area contributed by atoms with Gasteiger partial charge in [-0.25, -0.2) is 19.9 Å². The van der Waals surface area contributed by atoms with E-state index in [-0.39, 0.29) is 5.75 Å². The molecule has 1 aliphatic rings. The number of piperazine rings is 1. The molecule has 2 N–H and O–H groups in total. The van der Waals surface area contributed by atoms with Gasteiger partial charge in [0.1, 0.15) is 12.1 Å². The van der Waals surface area contributed by atoms with Gasteiger partial charge in [-0.1, -0.05) is 0 Å². The number of methoxy groups -OCH3 is 1. The van der Waals surface area contributed by atoms with Crippen molar-refractivity contribution in [3.05, 3.63) is 55.4 Å². The number of pyridine rings is 1. The minimum atomic E-state index is 0.0634. The van der Waals surface area contributed by atoms with Crippen molar-refractivity contribution in [3.63, 3.8) is 0 Å². The first-order valence-corrected chi connectivity index (χ1v) is 10.2. The Hall–Kier alpha value is -4.21. The normalized spacial score (nSPS) is 13.9. The topological polar surface area (TPSA) is 112 Å². The quantitative estimate of drug-likeness (QED) is 0.490. The lowest BCUT2D eigenvalue weighted by molar-refractivity contribution is 0.374. The number of nitrogens with one attached hydrogen (secondary N) is 1. The van der Waals surface area contributed by atoms with Gasteiger partial charge in [0.15, 0.2) is 11.5 Å². The summed E-state index contributed by atoms with van der Waals surface area (Å²) in [5, 5.41) is 14.2. The summed E-state index contributed by atoms with van der Waals surface area (Å²) < 4.78 is 5.26. The standard InChI is InChI=1S/C22H22N8O2/c1-32-20-10-17-18(11-19(20)31)26-14-27-21(17)29-6-8-30(9-7-29)22-24-12-16(13-25-22)28-15-2-4-23-5-3-15/h2-5,10-14,31H,6-9H2,1H3,(H,23,28). The van der Waals surface area contributed by atoms with Crippen molar-refractivity contribution in [3.8, 4) is 11.5 Å². The third kappa shape index (κ3) is 3.89. The van der Waals surface area contributed by atoms with Gasteiger partial charge in [0, 0.05) is 55.7 Å². The lowest BCUT2D eigenvalue weighted by atomic mass is 10.2. The van der Waals surface area contributed by atoms with Gasteiger partial charge >= 0.3 is 0 Å². The summed E-state index contributed by atoms with van der Waals surface area (Å²) in [5.74, 6) is 1.99. The second-order valence-corrected chi connectivity index (χ2v) is 7.35. The number of rotatable bonds is 5. The second kappa shape index (κ2) is 8.50. The third-order valence-corrected chi connectivity index (χ3v) is 5.38. The number of aromatic nitrogens is 5. The van der Waals surface area contributed by atoms with Gasteiger partial charge in [0.25, 0.3) is 0 Å². The average molecular weight is 430 g/mol. The Morgan fingerprint density at radius 3 is 2.34 bits per heavy atom. The molecule has 162 valence electrons. The van der Waals surface area contributed by atoms with Crippen LogP contribution in [0.2, 0.25) is 0 Å². The molecule has 0 unspecified atom stereocenters. The van der Waals surface area contributed by atoms with Crippen LogP contribution < -0.4 is 19.9 Å². The summed E-state index contributed by atoms with van der Waals surface area (Å²) in [4.78, 5) is 26.2. The highest BCUT2D eigenvalue weighted by Gasteiger charge is 2.22. The Morgan fingerprint density at radius 2 is 1.62 bits per heavy atom. The number of hydrogen-bond acceptors (Lipinski definition) is 10. The Kier molecular flexibility index (Phi) is 5.24. The van der Waals surface area contributed by atoms with E-state index in [2.05, 4.69) is 40.0 Å². The highest BCUT2D eigenvalue weighted by atomic mass is 16.5. The van der Waals surface area contributed by atoms with Gasteiger partial charge < -0.3 is 25.0 Å². The van der Waals surface area contributed by atoms with Crippen molar-refractivity contribution in [2.45, 2.75) is 0 Å². The van der Waals surface area contributed by atoms with E-state index in [9.17, 15) is 5.11 Å². The molecule has 0 atom stereocenters. The van der Waals surface area contributed by atoms with Gasteiger partial charge in [0.05, 0.1) is 30.7 Å². The van der Waals surface area contributed by atoms with Crippen LogP contribution in [0, 0.1) is 0 Å². The summed E-state index contributed by atoms with van der Waals surface area (Å²) in [6.45, 7) is 3.04. The molecule has 1 fully saturated rings. The number of phenols is 1. The zero-order chi connectivity index (χ0) is 21.9. The van der Waals surface area contributed by atoms with Crippen LogP contribution in [0.1, 0.15) is 0 Å². The first-order valence-electron chi connectivity index (χ1n) is 10.2. The van der Waals surface area contributed by atoms with Crippen LogP contribution in [0.4, 0.5) is 23.1 Å². The molecule has 0 bridgehead atoms. The van der Waals surface area contributed by atoms with Crippen molar-refractivity contribution in [1.29, 1.82) is 0 Å². The molecule has 10 nitrogen and oxygen atoms in total. The first kappa shape index (κ1) is 19.7. The Morgan fingerprint density at radius 1 is 0.906 bits per heavy atom. The molecule has 1 aromatic carbocycles. The van der Waals surface area contributed by atoms with Crippen LogP contribution in [0.3, 0.4) is 0 Å². The van der Waals surface area contributed by atoms with Crippen LogP contribution in [0.5, 0.6) is 11.5 Å². The van der Waals surface area contributed by atoms with Gasteiger partial charge in [0.2, 0.25) is 5.95 Å². The molecule has 0 radical (unpaired) electrons. The highest BCUT2D eigenvalue weighted by molar-refractivity contribution is 5.92. The van der Waals surface area contributed by atoms with Gasteiger partial charge in [-0.05, 0) is 18.2 Å². The van der Waals surface area contributed by atoms with E-state index >= 15 is 0 Å². The summed E-state index contributed by atoms with van der Waals surface area (Å²) in [7, 11) is 1.53. The predicted molar refractivity (Wildman–Crippen MR) is 122 cm³/mol. The number of fused-ring (bicyclic) bond motifs is 1. The van der Waals surface area contributed by atoms with E-state index in [1.54, 1.807) is 36.9 Å². The number of benzene rings is 1. The summed E-state index contributed by atoms with van der Waals surface area (Å²) >= 11 is 0. The van der Waals surface area contributed by atoms with Gasteiger partial charge in [-0.2, -0.15) is 0 Å². The minimum absolute atomic E-state index is 0.0634. The molecule has 10 heteroatoms. The average Bonchev–Trinajstić information content (AvgIpc) is 2.84. The lowest BCUT2D eigenvalue weighted by Gasteiger charge is -2.35.